The summed E-state index contributed by atoms with van der Waals surface area (Å²) in [7, 11) is 0. The van der Waals surface area contributed by atoms with Crippen LogP contribution in [0.25, 0.3) is 16.6 Å². The highest BCUT2D eigenvalue weighted by molar-refractivity contribution is 7.18. The Balaban J connectivity index is 1.63. The molecule has 1 fully saturated rings. The first-order valence-electron chi connectivity index (χ1n) is 10.1. The lowest BCUT2D eigenvalue weighted by Gasteiger charge is -2.23. The highest BCUT2D eigenvalue weighted by Gasteiger charge is 2.37. The molecule has 0 bridgehead atoms. The van der Waals surface area contributed by atoms with Gasteiger partial charge in [-0.15, -0.1) is 22.7 Å². The first-order chi connectivity index (χ1) is 16.7. The van der Waals surface area contributed by atoms with Gasteiger partial charge in [-0.3, -0.25) is 14.4 Å². The Hall–Kier alpha value is -3.43. The molecule has 1 aliphatic rings. The number of nitrogens with zero attached hydrogens (tertiary/aromatic N) is 3. The molecule has 1 aliphatic carbocycles. The fourth-order valence-electron chi connectivity index (χ4n) is 3.77. The smallest absolute Gasteiger partial charge is 0.333 e. The standard InChI is InChI=1S/C22H13Cl2N5O4S2/c23-16-9(7-25)2-1-3-12(16)28(10-4-5-10)20(31)14-6-13(18(24)35-14)29-21(32)15-11(27-22(29)33)8-34-17(15)19(26)30/h1-3,6,8,10H,4-5H2,(H2,26,30)(H,27,33). The third-order valence-corrected chi connectivity index (χ3v) is 8.20. The molecule has 1 saturated carbocycles. The summed E-state index contributed by atoms with van der Waals surface area (Å²) in [6, 6.07) is 8.10. The summed E-state index contributed by atoms with van der Waals surface area (Å²) in [5.41, 5.74) is 4.64. The van der Waals surface area contributed by atoms with E-state index in [4.69, 9.17) is 28.9 Å². The Labute approximate surface area is 214 Å². The van der Waals surface area contributed by atoms with Crippen molar-refractivity contribution in [1.29, 1.82) is 5.26 Å². The van der Waals surface area contributed by atoms with Gasteiger partial charge >= 0.3 is 5.69 Å². The van der Waals surface area contributed by atoms with Crippen LogP contribution in [0.2, 0.25) is 9.36 Å². The number of amides is 2. The third-order valence-electron chi connectivity index (χ3n) is 5.49. The van der Waals surface area contributed by atoms with E-state index >= 15 is 0 Å². The number of nitriles is 1. The van der Waals surface area contributed by atoms with Crippen LogP contribution in [-0.2, 0) is 0 Å². The number of thiophene rings is 2. The highest BCUT2D eigenvalue weighted by atomic mass is 35.5. The van der Waals surface area contributed by atoms with Crippen molar-refractivity contribution in [3.8, 4) is 11.8 Å². The number of primary amides is 1. The highest BCUT2D eigenvalue weighted by Crippen LogP contribution is 2.40. The number of nitrogens with one attached hydrogen (secondary N) is 1. The quantitative estimate of drug-likeness (QED) is 0.391. The topological polar surface area (TPSA) is 142 Å². The number of carbonyl (C=O) groups is 2. The number of hydrogen-bond donors (Lipinski definition) is 2. The van der Waals surface area contributed by atoms with E-state index in [-0.39, 0.29) is 47.3 Å². The first-order valence-corrected chi connectivity index (χ1v) is 12.6. The summed E-state index contributed by atoms with van der Waals surface area (Å²) in [5.74, 6) is -1.23. The molecule has 3 heterocycles. The van der Waals surface area contributed by atoms with Gasteiger partial charge < -0.3 is 15.6 Å². The zero-order valence-electron chi connectivity index (χ0n) is 17.5. The average Bonchev–Trinajstić information content (AvgIpc) is 3.44. The molecule has 1 aromatic carbocycles. The van der Waals surface area contributed by atoms with Crippen LogP contribution in [0.4, 0.5) is 5.69 Å². The summed E-state index contributed by atoms with van der Waals surface area (Å²) in [6.45, 7) is 0. The minimum absolute atomic E-state index is 0.00223. The maximum atomic E-state index is 13.6. The SMILES string of the molecule is N#Cc1cccc(N(C(=O)c2cc(-n3c(=O)[nH]c4csc(C(N)=O)c4c3=O)c(Cl)s2)C2CC2)c1Cl. The molecular formula is C22H13Cl2N5O4S2. The monoisotopic (exact) mass is 545 g/mol. The van der Waals surface area contributed by atoms with E-state index in [1.165, 1.54) is 16.3 Å². The Morgan fingerprint density at radius 1 is 1.26 bits per heavy atom. The number of carbonyl (C=O) groups excluding carboxylic acids is 2. The van der Waals surface area contributed by atoms with Gasteiger partial charge in [-0.25, -0.2) is 9.36 Å². The normalized spacial score (nSPS) is 13.1. The molecule has 3 N–H and O–H groups in total. The van der Waals surface area contributed by atoms with Crippen molar-refractivity contribution in [2.45, 2.75) is 18.9 Å². The van der Waals surface area contributed by atoms with E-state index in [1.807, 2.05) is 6.07 Å². The minimum Gasteiger partial charge on any atom is -0.365 e. The van der Waals surface area contributed by atoms with E-state index in [0.717, 1.165) is 40.1 Å². The molecule has 0 radical (unpaired) electrons. The van der Waals surface area contributed by atoms with E-state index in [1.54, 1.807) is 18.2 Å². The lowest BCUT2D eigenvalue weighted by molar-refractivity contribution is 0.0985. The number of anilines is 1. The molecule has 0 aliphatic heterocycles. The number of rotatable bonds is 5. The maximum absolute atomic E-state index is 13.6. The van der Waals surface area contributed by atoms with Crippen LogP contribution in [-0.4, -0.2) is 27.4 Å². The molecule has 0 spiro atoms. The van der Waals surface area contributed by atoms with Crippen molar-refractivity contribution in [1.82, 2.24) is 9.55 Å². The molecule has 0 unspecified atom stereocenters. The Bertz CT molecular complexity index is 1710. The summed E-state index contributed by atoms with van der Waals surface area (Å²) < 4.78 is 0.811. The summed E-state index contributed by atoms with van der Waals surface area (Å²) in [6.07, 6.45) is 1.52. The fourth-order valence-corrected chi connectivity index (χ4v) is 6.07. The first kappa shape index (κ1) is 23.3. The van der Waals surface area contributed by atoms with Gasteiger partial charge in [-0.05, 0) is 31.0 Å². The zero-order chi connectivity index (χ0) is 25.0. The van der Waals surface area contributed by atoms with Crippen LogP contribution in [0.1, 0.15) is 37.7 Å². The summed E-state index contributed by atoms with van der Waals surface area (Å²) in [4.78, 5) is 55.5. The van der Waals surface area contributed by atoms with Crippen LogP contribution in [0.5, 0.6) is 0 Å². The van der Waals surface area contributed by atoms with Gasteiger partial charge in [0.2, 0.25) is 0 Å². The molecule has 13 heteroatoms. The number of hydrogen-bond acceptors (Lipinski definition) is 7. The van der Waals surface area contributed by atoms with Crippen molar-refractivity contribution < 1.29 is 9.59 Å². The third kappa shape index (κ3) is 3.84. The van der Waals surface area contributed by atoms with Gasteiger partial charge in [-0.1, -0.05) is 29.3 Å². The van der Waals surface area contributed by atoms with Crippen molar-refractivity contribution in [2.75, 3.05) is 4.90 Å². The molecule has 176 valence electrons. The molecule has 9 nitrogen and oxygen atoms in total. The van der Waals surface area contributed by atoms with Gasteiger partial charge in [0.05, 0.1) is 37.7 Å². The van der Waals surface area contributed by atoms with E-state index in [9.17, 15) is 24.4 Å². The largest absolute Gasteiger partial charge is 0.365 e. The number of fused-ring (bicyclic) bond motifs is 1. The molecule has 0 saturated heterocycles. The molecule has 5 rings (SSSR count). The van der Waals surface area contributed by atoms with E-state index in [2.05, 4.69) is 4.98 Å². The number of benzene rings is 1. The molecule has 4 aromatic rings. The lowest BCUT2D eigenvalue weighted by Crippen LogP contribution is -2.34. The van der Waals surface area contributed by atoms with Gasteiger partial charge in [0.1, 0.15) is 15.3 Å². The number of nitrogens with two attached hydrogens (primary N) is 1. The molecule has 0 atom stereocenters. The second kappa shape index (κ2) is 8.66. The van der Waals surface area contributed by atoms with Crippen LogP contribution < -0.4 is 21.9 Å². The van der Waals surface area contributed by atoms with Gasteiger partial charge in [0.15, 0.2) is 0 Å². The van der Waals surface area contributed by atoms with Crippen molar-refractivity contribution in [3.63, 3.8) is 0 Å². The number of halogens is 2. The number of H-pyrrole nitrogens is 1. The van der Waals surface area contributed by atoms with Crippen LogP contribution >= 0.6 is 45.9 Å². The predicted molar refractivity (Wildman–Crippen MR) is 135 cm³/mol. The van der Waals surface area contributed by atoms with Gasteiger partial charge in [0.25, 0.3) is 17.4 Å². The van der Waals surface area contributed by atoms with E-state index < -0.39 is 23.1 Å². The maximum Gasteiger partial charge on any atom is 0.333 e. The second-order valence-electron chi connectivity index (χ2n) is 7.71. The fraction of sp³-hybridized carbons (Fsp3) is 0.136. The molecule has 3 aromatic heterocycles. The van der Waals surface area contributed by atoms with Gasteiger partial charge in [-0.2, -0.15) is 5.26 Å². The van der Waals surface area contributed by atoms with Gasteiger partial charge in [0, 0.05) is 11.4 Å². The number of aromatic nitrogens is 2. The Morgan fingerprint density at radius 2 is 2.00 bits per heavy atom. The van der Waals surface area contributed by atoms with Crippen molar-refractivity contribution in [2.24, 2.45) is 5.73 Å². The zero-order valence-corrected chi connectivity index (χ0v) is 20.6. The average molecular weight is 546 g/mol. The van der Waals surface area contributed by atoms with Crippen molar-refractivity contribution >= 4 is 74.3 Å². The Morgan fingerprint density at radius 3 is 2.66 bits per heavy atom. The molecule has 35 heavy (non-hydrogen) atoms. The van der Waals surface area contributed by atoms with Crippen LogP contribution in [0, 0.1) is 11.3 Å². The van der Waals surface area contributed by atoms with Crippen LogP contribution in [0.15, 0.2) is 39.2 Å². The van der Waals surface area contributed by atoms with Crippen molar-refractivity contribution in [3.05, 3.63) is 75.2 Å². The van der Waals surface area contributed by atoms with Crippen LogP contribution in [0.3, 0.4) is 0 Å². The number of aromatic amines is 1. The molecular weight excluding hydrogens is 533 g/mol. The van der Waals surface area contributed by atoms with E-state index in [0.29, 0.717) is 5.69 Å². The lowest BCUT2D eigenvalue weighted by atomic mass is 10.2. The Kier molecular flexibility index (Phi) is 5.77. The minimum atomic E-state index is -0.801. The summed E-state index contributed by atoms with van der Waals surface area (Å²) in [5, 5.41) is 10.9. The predicted octanol–water partition coefficient (Wildman–Crippen LogP) is 3.89. The summed E-state index contributed by atoms with van der Waals surface area (Å²) >= 11 is 14.6. The molecule has 2 amide bonds. The second-order valence-corrected chi connectivity index (χ2v) is 10.6.